The van der Waals surface area contributed by atoms with Crippen molar-refractivity contribution in [1.82, 2.24) is 5.32 Å². The molecule has 2 fully saturated rings. The number of aliphatic carboxylic acids is 1. The van der Waals surface area contributed by atoms with E-state index in [1.54, 1.807) is 11.3 Å². The van der Waals surface area contributed by atoms with E-state index in [1.807, 2.05) is 17.5 Å². The fraction of sp³-hybridized carbons (Fsp3) is 0.538. The van der Waals surface area contributed by atoms with Crippen LogP contribution >= 0.6 is 11.3 Å². The molecule has 0 radical (unpaired) electrons. The van der Waals surface area contributed by atoms with Crippen LogP contribution in [0.15, 0.2) is 17.5 Å². The number of carbonyl (C=O) groups is 2. The number of amides is 1. The molecule has 19 heavy (non-hydrogen) atoms. The molecule has 1 aromatic rings. The van der Waals surface area contributed by atoms with Crippen molar-refractivity contribution in [2.24, 2.45) is 11.8 Å². The second-order valence-corrected chi connectivity index (χ2v) is 5.99. The molecule has 0 saturated carbocycles. The fourth-order valence-electron chi connectivity index (χ4n) is 3.02. The summed E-state index contributed by atoms with van der Waals surface area (Å²) in [6, 6.07) is 3.84. The van der Waals surface area contributed by atoms with Gasteiger partial charge in [-0.3, -0.25) is 4.79 Å². The van der Waals surface area contributed by atoms with Crippen LogP contribution in [-0.4, -0.2) is 24.1 Å². The van der Waals surface area contributed by atoms with E-state index in [0.717, 1.165) is 11.3 Å². The normalized spacial score (nSPS) is 32.4. The Hall–Kier alpha value is -1.40. The minimum atomic E-state index is -1.18. The number of nitrogens with one attached hydrogen (secondary N) is 1. The molecule has 6 heteroatoms. The molecule has 2 saturated heterocycles. The number of thiophene rings is 1. The monoisotopic (exact) mass is 280 g/mol. The van der Waals surface area contributed by atoms with Gasteiger partial charge in [-0.2, -0.15) is 0 Å². The maximum Gasteiger partial charge on any atom is 0.226 e. The van der Waals surface area contributed by atoms with E-state index in [2.05, 4.69) is 5.32 Å². The summed E-state index contributed by atoms with van der Waals surface area (Å²) in [6.45, 7) is 0.435. The maximum absolute atomic E-state index is 12.2. The lowest BCUT2D eigenvalue weighted by Crippen LogP contribution is -2.47. The van der Waals surface area contributed by atoms with E-state index in [0.29, 0.717) is 13.0 Å². The third kappa shape index (κ3) is 2.26. The number of carbonyl (C=O) groups excluding carboxylic acids is 2. The van der Waals surface area contributed by atoms with Gasteiger partial charge in [0.1, 0.15) is 0 Å². The molecule has 3 rings (SSSR count). The van der Waals surface area contributed by atoms with Crippen molar-refractivity contribution in [3.05, 3.63) is 22.4 Å². The van der Waals surface area contributed by atoms with Crippen molar-refractivity contribution in [2.45, 2.75) is 31.6 Å². The summed E-state index contributed by atoms with van der Waals surface area (Å²) in [7, 11) is 0. The average Bonchev–Trinajstić information content (AvgIpc) is 3.10. The molecule has 5 nitrogen and oxygen atoms in total. The molecule has 0 unspecified atom stereocenters. The van der Waals surface area contributed by atoms with Crippen molar-refractivity contribution in [2.75, 3.05) is 0 Å². The van der Waals surface area contributed by atoms with Gasteiger partial charge >= 0.3 is 0 Å². The van der Waals surface area contributed by atoms with E-state index in [9.17, 15) is 14.7 Å². The molecular formula is C13H14NO4S-. The van der Waals surface area contributed by atoms with Gasteiger partial charge in [0, 0.05) is 16.8 Å². The summed E-state index contributed by atoms with van der Waals surface area (Å²) in [4.78, 5) is 24.4. The van der Waals surface area contributed by atoms with Crippen molar-refractivity contribution in [3.8, 4) is 0 Å². The third-order valence-electron chi connectivity index (χ3n) is 3.87. The molecule has 0 aliphatic carbocycles. The summed E-state index contributed by atoms with van der Waals surface area (Å²) in [5.41, 5.74) is 0. The predicted molar refractivity (Wildman–Crippen MR) is 66.0 cm³/mol. The summed E-state index contributed by atoms with van der Waals surface area (Å²) in [5.74, 6) is -2.83. The number of hydrogen-bond donors (Lipinski definition) is 1. The molecule has 4 atom stereocenters. The number of carboxylic acids is 1. The number of carboxylic acid groups (broad SMARTS) is 1. The largest absolute Gasteiger partial charge is 0.550 e. The minimum absolute atomic E-state index is 0.241. The van der Waals surface area contributed by atoms with Crippen LogP contribution < -0.4 is 10.4 Å². The standard InChI is InChI=1S/C13H15NO4S/c15-12(14-6-7-2-1-5-19-7)10-8-3-4-9(18-8)11(10)13(16)17/h1-2,5,8-11H,3-4,6H2,(H,14,15)(H,16,17)/p-1/t8-,9+,10+,11+/m1/s1. The predicted octanol–water partition coefficient (Wildman–Crippen LogP) is -0.0922. The quantitative estimate of drug-likeness (QED) is 0.836. The zero-order chi connectivity index (χ0) is 13.4. The first kappa shape index (κ1) is 12.6. The van der Waals surface area contributed by atoms with E-state index in [1.165, 1.54) is 0 Å². The van der Waals surface area contributed by atoms with Crippen molar-refractivity contribution in [1.29, 1.82) is 0 Å². The molecule has 1 N–H and O–H groups in total. The molecule has 102 valence electrons. The molecular weight excluding hydrogens is 266 g/mol. The van der Waals surface area contributed by atoms with Crippen molar-refractivity contribution >= 4 is 23.2 Å². The highest BCUT2D eigenvalue weighted by Crippen LogP contribution is 2.43. The van der Waals surface area contributed by atoms with Gasteiger partial charge in [0.05, 0.1) is 24.7 Å². The van der Waals surface area contributed by atoms with Crippen LogP contribution in [-0.2, 0) is 20.9 Å². The highest BCUT2D eigenvalue weighted by molar-refractivity contribution is 7.09. The van der Waals surface area contributed by atoms with Gasteiger partial charge in [0.25, 0.3) is 0 Å². The summed E-state index contributed by atoms with van der Waals surface area (Å²) in [6.07, 6.45) is 0.840. The topological polar surface area (TPSA) is 78.5 Å². The van der Waals surface area contributed by atoms with E-state index >= 15 is 0 Å². The highest BCUT2D eigenvalue weighted by atomic mass is 32.1. The smallest absolute Gasteiger partial charge is 0.226 e. The summed E-state index contributed by atoms with van der Waals surface area (Å²) < 4.78 is 5.54. The van der Waals surface area contributed by atoms with E-state index in [-0.39, 0.29) is 18.1 Å². The summed E-state index contributed by atoms with van der Waals surface area (Å²) >= 11 is 1.56. The maximum atomic E-state index is 12.2. The lowest BCUT2D eigenvalue weighted by atomic mass is 9.79. The van der Waals surface area contributed by atoms with Gasteiger partial charge in [0.2, 0.25) is 5.91 Å². The van der Waals surface area contributed by atoms with Gasteiger partial charge < -0.3 is 20.0 Å². The van der Waals surface area contributed by atoms with Gasteiger partial charge in [-0.05, 0) is 24.3 Å². The SMILES string of the molecule is O=C([O-])[C@@H]1[C@@H](C(=O)NCc2cccs2)[C@H]2CC[C@@H]1O2. The van der Waals surface area contributed by atoms with Crippen molar-refractivity contribution < 1.29 is 19.4 Å². The van der Waals surface area contributed by atoms with Gasteiger partial charge in [-0.1, -0.05) is 6.07 Å². The second kappa shape index (κ2) is 4.94. The van der Waals surface area contributed by atoms with Crippen LogP contribution in [0.2, 0.25) is 0 Å². The first-order chi connectivity index (χ1) is 9.16. The third-order valence-corrected chi connectivity index (χ3v) is 4.74. The highest BCUT2D eigenvalue weighted by Gasteiger charge is 2.52. The molecule has 2 bridgehead atoms. The number of rotatable bonds is 4. The minimum Gasteiger partial charge on any atom is -0.550 e. The van der Waals surface area contributed by atoms with Crippen LogP contribution in [0.1, 0.15) is 17.7 Å². The molecule has 0 spiro atoms. The fourth-order valence-corrected chi connectivity index (χ4v) is 3.66. The molecule has 1 aromatic heterocycles. The first-order valence-electron chi connectivity index (χ1n) is 6.33. The lowest BCUT2D eigenvalue weighted by molar-refractivity contribution is -0.314. The molecule has 1 amide bonds. The number of ether oxygens (including phenoxy) is 1. The number of fused-ring (bicyclic) bond motifs is 2. The first-order valence-corrected chi connectivity index (χ1v) is 7.21. The Morgan fingerprint density at radius 2 is 2.11 bits per heavy atom. The molecule has 0 aromatic carbocycles. The zero-order valence-corrected chi connectivity index (χ0v) is 11.0. The Morgan fingerprint density at radius 3 is 2.74 bits per heavy atom. The van der Waals surface area contributed by atoms with Gasteiger partial charge in [-0.15, -0.1) is 11.3 Å². The Morgan fingerprint density at radius 1 is 1.37 bits per heavy atom. The second-order valence-electron chi connectivity index (χ2n) is 4.96. The molecule has 2 aliphatic rings. The van der Waals surface area contributed by atoms with Crippen LogP contribution in [0.25, 0.3) is 0 Å². The Labute approximate surface area is 114 Å². The Bertz CT molecular complexity index is 487. The zero-order valence-electron chi connectivity index (χ0n) is 10.2. The van der Waals surface area contributed by atoms with Gasteiger partial charge in [0.15, 0.2) is 0 Å². The average molecular weight is 280 g/mol. The van der Waals surface area contributed by atoms with Gasteiger partial charge in [-0.25, -0.2) is 0 Å². The Kier molecular flexibility index (Phi) is 3.28. The molecule has 3 heterocycles. The molecule has 2 aliphatic heterocycles. The van der Waals surface area contributed by atoms with E-state index < -0.39 is 17.8 Å². The van der Waals surface area contributed by atoms with Crippen LogP contribution in [0, 0.1) is 11.8 Å². The van der Waals surface area contributed by atoms with Crippen LogP contribution in [0.4, 0.5) is 0 Å². The lowest BCUT2D eigenvalue weighted by Gasteiger charge is -2.27. The number of hydrogen-bond acceptors (Lipinski definition) is 5. The van der Waals surface area contributed by atoms with E-state index in [4.69, 9.17) is 4.74 Å². The summed E-state index contributed by atoms with van der Waals surface area (Å²) in [5, 5.41) is 15.9. The van der Waals surface area contributed by atoms with Crippen molar-refractivity contribution in [3.63, 3.8) is 0 Å². The Balaban J connectivity index is 1.66. The van der Waals surface area contributed by atoms with Crippen LogP contribution in [0.3, 0.4) is 0 Å². The van der Waals surface area contributed by atoms with Crippen LogP contribution in [0.5, 0.6) is 0 Å².